The SMILES string of the molecule is CCC[C@]1(C(=O)c2ccc3[nH]ccc3c2)CCCNC1. The monoisotopic (exact) mass is 270 g/mol. The Morgan fingerprint density at radius 3 is 3.00 bits per heavy atom. The standard InChI is InChI=1S/C17H22N2O/c1-2-7-17(8-3-9-18-12-17)16(20)14-4-5-15-13(11-14)6-10-19-15/h4-6,10-11,18-19H,2-3,7-9,12H2,1H3/t17-/m0/s1. The molecule has 1 fully saturated rings. The smallest absolute Gasteiger partial charge is 0.170 e. The highest BCUT2D eigenvalue weighted by molar-refractivity contribution is 6.03. The first-order chi connectivity index (χ1) is 9.75. The number of benzene rings is 1. The minimum absolute atomic E-state index is 0.197. The summed E-state index contributed by atoms with van der Waals surface area (Å²) < 4.78 is 0. The van der Waals surface area contributed by atoms with Crippen LogP contribution in [0, 0.1) is 5.41 Å². The first kappa shape index (κ1) is 13.4. The first-order valence-electron chi connectivity index (χ1n) is 7.58. The first-order valence-corrected chi connectivity index (χ1v) is 7.58. The summed E-state index contributed by atoms with van der Waals surface area (Å²) in [5.74, 6) is 0.314. The maximum absolute atomic E-state index is 13.0. The van der Waals surface area contributed by atoms with E-state index < -0.39 is 0 Å². The van der Waals surface area contributed by atoms with Crippen LogP contribution in [-0.2, 0) is 0 Å². The number of carbonyl (C=O) groups excluding carboxylic acids is 1. The van der Waals surface area contributed by atoms with Crippen molar-refractivity contribution in [2.45, 2.75) is 32.6 Å². The fourth-order valence-corrected chi connectivity index (χ4v) is 3.47. The van der Waals surface area contributed by atoms with Crippen LogP contribution in [0.1, 0.15) is 43.0 Å². The van der Waals surface area contributed by atoms with Gasteiger partial charge >= 0.3 is 0 Å². The average Bonchev–Trinajstić information content (AvgIpc) is 2.95. The lowest BCUT2D eigenvalue weighted by Gasteiger charge is -2.36. The van der Waals surface area contributed by atoms with Crippen LogP contribution in [0.25, 0.3) is 10.9 Å². The number of hydrogen-bond donors (Lipinski definition) is 2. The van der Waals surface area contributed by atoms with Crippen molar-refractivity contribution >= 4 is 16.7 Å². The van der Waals surface area contributed by atoms with Gasteiger partial charge in [0.05, 0.1) is 0 Å². The zero-order valence-corrected chi connectivity index (χ0v) is 12.0. The molecule has 1 saturated heterocycles. The number of aromatic nitrogens is 1. The number of rotatable bonds is 4. The van der Waals surface area contributed by atoms with E-state index >= 15 is 0 Å². The third kappa shape index (κ3) is 2.27. The summed E-state index contributed by atoms with van der Waals surface area (Å²) in [7, 11) is 0. The van der Waals surface area contributed by atoms with Crippen LogP contribution in [0.3, 0.4) is 0 Å². The molecule has 106 valence electrons. The Bertz CT molecular complexity index is 603. The average molecular weight is 270 g/mol. The van der Waals surface area contributed by atoms with Crippen LogP contribution in [0.4, 0.5) is 0 Å². The number of H-pyrrole nitrogens is 1. The van der Waals surface area contributed by atoms with Gasteiger partial charge in [-0.05, 0) is 50.1 Å². The maximum atomic E-state index is 13.0. The van der Waals surface area contributed by atoms with Crippen molar-refractivity contribution in [2.24, 2.45) is 5.41 Å². The Balaban J connectivity index is 1.95. The summed E-state index contributed by atoms with van der Waals surface area (Å²) in [6.07, 6.45) is 6.06. The van der Waals surface area contributed by atoms with E-state index in [2.05, 4.69) is 17.2 Å². The molecule has 2 N–H and O–H groups in total. The number of aromatic amines is 1. The van der Waals surface area contributed by atoms with Gasteiger partial charge in [0.2, 0.25) is 0 Å². The largest absolute Gasteiger partial charge is 0.361 e. The summed E-state index contributed by atoms with van der Waals surface area (Å²) in [5.41, 5.74) is 1.75. The fourth-order valence-electron chi connectivity index (χ4n) is 3.47. The lowest BCUT2D eigenvalue weighted by Crippen LogP contribution is -2.45. The van der Waals surface area contributed by atoms with E-state index in [0.717, 1.165) is 55.2 Å². The van der Waals surface area contributed by atoms with Gasteiger partial charge in [-0.1, -0.05) is 13.3 Å². The van der Waals surface area contributed by atoms with E-state index in [0.29, 0.717) is 5.78 Å². The second-order valence-corrected chi connectivity index (χ2v) is 5.92. The number of piperidine rings is 1. The van der Waals surface area contributed by atoms with E-state index in [4.69, 9.17) is 0 Å². The van der Waals surface area contributed by atoms with Gasteiger partial charge in [0.1, 0.15) is 0 Å². The number of fused-ring (bicyclic) bond motifs is 1. The van der Waals surface area contributed by atoms with E-state index in [1.54, 1.807) is 0 Å². The molecule has 0 saturated carbocycles. The van der Waals surface area contributed by atoms with Crippen LogP contribution < -0.4 is 5.32 Å². The van der Waals surface area contributed by atoms with Gasteiger partial charge in [-0.2, -0.15) is 0 Å². The van der Waals surface area contributed by atoms with Crippen LogP contribution >= 0.6 is 0 Å². The number of Topliss-reactive ketones (excluding diaryl/α,β-unsaturated/α-hetero) is 1. The minimum Gasteiger partial charge on any atom is -0.361 e. The summed E-state index contributed by atoms with van der Waals surface area (Å²) in [4.78, 5) is 16.2. The molecule has 2 heterocycles. The molecule has 20 heavy (non-hydrogen) atoms. The van der Waals surface area contributed by atoms with Crippen molar-refractivity contribution in [3.8, 4) is 0 Å². The van der Waals surface area contributed by atoms with Gasteiger partial charge in [0.25, 0.3) is 0 Å². The van der Waals surface area contributed by atoms with Crippen LogP contribution in [0.2, 0.25) is 0 Å². The van der Waals surface area contributed by atoms with Gasteiger partial charge < -0.3 is 10.3 Å². The normalized spacial score (nSPS) is 23.1. The molecule has 2 aromatic rings. The number of carbonyl (C=O) groups is 1. The molecule has 0 spiro atoms. The third-order valence-electron chi connectivity index (χ3n) is 4.50. The molecule has 3 nitrogen and oxygen atoms in total. The summed E-state index contributed by atoms with van der Waals surface area (Å²) in [6, 6.07) is 8.03. The van der Waals surface area contributed by atoms with Crippen LogP contribution in [0.5, 0.6) is 0 Å². The zero-order valence-electron chi connectivity index (χ0n) is 12.0. The third-order valence-corrected chi connectivity index (χ3v) is 4.50. The minimum atomic E-state index is -0.197. The van der Waals surface area contributed by atoms with E-state index in [1.165, 1.54) is 0 Å². The molecular weight excluding hydrogens is 248 g/mol. The number of hydrogen-bond acceptors (Lipinski definition) is 2. The molecule has 1 aliphatic heterocycles. The molecule has 0 aliphatic carbocycles. The fraction of sp³-hybridized carbons (Fsp3) is 0.471. The Kier molecular flexibility index (Phi) is 3.62. The zero-order chi connectivity index (χ0) is 14.0. The van der Waals surface area contributed by atoms with Crippen LogP contribution in [0.15, 0.2) is 30.5 Å². The highest BCUT2D eigenvalue weighted by Gasteiger charge is 2.38. The van der Waals surface area contributed by atoms with E-state index in [-0.39, 0.29) is 5.41 Å². The molecule has 1 aromatic heterocycles. The molecular formula is C17H22N2O. The van der Waals surface area contributed by atoms with Gasteiger partial charge in [-0.3, -0.25) is 4.79 Å². The van der Waals surface area contributed by atoms with Gasteiger partial charge in [-0.15, -0.1) is 0 Å². The summed E-state index contributed by atoms with van der Waals surface area (Å²) in [5, 5.41) is 4.53. The van der Waals surface area contributed by atoms with Gasteiger partial charge in [0, 0.05) is 34.6 Å². The molecule has 1 aliphatic rings. The van der Waals surface area contributed by atoms with E-state index in [1.807, 2.05) is 30.5 Å². The molecule has 0 unspecified atom stereocenters. The topological polar surface area (TPSA) is 44.9 Å². The van der Waals surface area contributed by atoms with Crippen molar-refractivity contribution < 1.29 is 4.79 Å². The second kappa shape index (κ2) is 5.41. The predicted molar refractivity (Wildman–Crippen MR) is 82.1 cm³/mol. The quantitative estimate of drug-likeness (QED) is 0.835. The highest BCUT2D eigenvalue weighted by atomic mass is 16.1. The number of ketones is 1. The highest BCUT2D eigenvalue weighted by Crippen LogP contribution is 2.35. The molecule has 3 rings (SSSR count). The Labute approximate surface area is 119 Å². The summed E-state index contributed by atoms with van der Waals surface area (Å²) >= 11 is 0. The predicted octanol–water partition coefficient (Wildman–Crippen LogP) is 3.52. The van der Waals surface area contributed by atoms with Crippen molar-refractivity contribution in [1.29, 1.82) is 0 Å². The Hall–Kier alpha value is -1.61. The molecule has 0 radical (unpaired) electrons. The Morgan fingerprint density at radius 1 is 1.35 bits per heavy atom. The van der Waals surface area contributed by atoms with Crippen molar-refractivity contribution in [1.82, 2.24) is 10.3 Å². The number of nitrogens with one attached hydrogen (secondary N) is 2. The molecule has 3 heteroatoms. The van der Waals surface area contributed by atoms with Crippen molar-refractivity contribution in [2.75, 3.05) is 13.1 Å². The molecule has 1 atom stereocenters. The summed E-state index contributed by atoms with van der Waals surface area (Å²) in [6.45, 7) is 4.03. The van der Waals surface area contributed by atoms with Gasteiger partial charge in [-0.25, -0.2) is 0 Å². The van der Waals surface area contributed by atoms with Crippen molar-refractivity contribution in [3.05, 3.63) is 36.0 Å². The van der Waals surface area contributed by atoms with Gasteiger partial charge in [0.15, 0.2) is 5.78 Å². The van der Waals surface area contributed by atoms with Crippen LogP contribution in [-0.4, -0.2) is 23.9 Å². The molecule has 0 bridgehead atoms. The lowest BCUT2D eigenvalue weighted by molar-refractivity contribution is 0.0718. The van der Waals surface area contributed by atoms with E-state index in [9.17, 15) is 4.79 Å². The maximum Gasteiger partial charge on any atom is 0.170 e. The second-order valence-electron chi connectivity index (χ2n) is 5.92. The van der Waals surface area contributed by atoms with Crippen molar-refractivity contribution in [3.63, 3.8) is 0 Å². The lowest BCUT2D eigenvalue weighted by atomic mass is 9.71. The molecule has 1 aromatic carbocycles. The molecule has 0 amide bonds. The Morgan fingerprint density at radius 2 is 2.25 bits per heavy atom.